The molecular formula is C28H48O. The van der Waals surface area contributed by atoms with E-state index in [1.807, 2.05) is 0 Å². The second kappa shape index (κ2) is 9.29. The topological polar surface area (TPSA) is 9.23 Å². The van der Waals surface area contributed by atoms with Crippen molar-refractivity contribution in [3.63, 3.8) is 0 Å². The molecule has 0 spiro atoms. The molecule has 0 amide bonds. The van der Waals surface area contributed by atoms with Gasteiger partial charge in [-0.2, -0.15) is 0 Å². The van der Waals surface area contributed by atoms with Crippen LogP contribution in [0.5, 0.6) is 0 Å². The zero-order chi connectivity index (χ0) is 21.2. The molecule has 3 rings (SSSR count). The predicted octanol–water partition coefficient (Wildman–Crippen LogP) is 8.21. The smallest absolute Gasteiger partial charge is 0.0733 e. The van der Waals surface area contributed by atoms with Gasteiger partial charge in [0.25, 0.3) is 0 Å². The van der Waals surface area contributed by atoms with Gasteiger partial charge in [0, 0.05) is 6.61 Å². The summed E-state index contributed by atoms with van der Waals surface area (Å²) in [7, 11) is 0. The summed E-state index contributed by atoms with van der Waals surface area (Å²) < 4.78 is 6.20. The van der Waals surface area contributed by atoms with Gasteiger partial charge in [-0.05, 0) is 72.2 Å². The Morgan fingerprint density at radius 1 is 1.03 bits per heavy atom. The molecule has 3 aliphatic rings. The molecule has 0 bridgehead atoms. The zero-order valence-electron chi connectivity index (χ0n) is 20.5. The van der Waals surface area contributed by atoms with Crippen LogP contribution in [0.25, 0.3) is 0 Å². The third-order valence-corrected chi connectivity index (χ3v) is 8.17. The van der Waals surface area contributed by atoms with Crippen molar-refractivity contribution in [2.45, 2.75) is 106 Å². The molecule has 0 saturated heterocycles. The van der Waals surface area contributed by atoms with Crippen molar-refractivity contribution in [1.29, 1.82) is 0 Å². The Morgan fingerprint density at radius 2 is 1.72 bits per heavy atom. The van der Waals surface area contributed by atoms with Crippen LogP contribution in [0, 0.1) is 40.4 Å². The Morgan fingerprint density at radius 3 is 2.34 bits per heavy atom. The van der Waals surface area contributed by atoms with E-state index in [2.05, 4.69) is 66.7 Å². The highest BCUT2D eigenvalue weighted by molar-refractivity contribution is 5.27. The van der Waals surface area contributed by atoms with Gasteiger partial charge >= 0.3 is 0 Å². The molecule has 0 N–H and O–H groups in total. The van der Waals surface area contributed by atoms with E-state index in [0.717, 1.165) is 36.2 Å². The van der Waals surface area contributed by atoms with Crippen LogP contribution in [0.15, 0.2) is 23.8 Å². The molecule has 0 aromatic rings. The number of ether oxygens (including phenoxy) is 1. The molecule has 1 heteroatoms. The van der Waals surface area contributed by atoms with E-state index < -0.39 is 0 Å². The van der Waals surface area contributed by atoms with Crippen LogP contribution < -0.4 is 0 Å². The lowest BCUT2D eigenvalue weighted by Gasteiger charge is -2.42. The normalized spacial score (nSPS) is 33.8. The molecule has 0 aromatic carbocycles. The first-order valence-corrected chi connectivity index (χ1v) is 12.6. The first-order valence-electron chi connectivity index (χ1n) is 12.6. The number of fused-ring (bicyclic) bond motifs is 1. The molecule has 2 fully saturated rings. The van der Waals surface area contributed by atoms with Crippen molar-refractivity contribution >= 4 is 0 Å². The van der Waals surface area contributed by atoms with E-state index in [0.29, 0.717) is 10.8 Å². The summed E-state index contributed by atoms with van der Waals surface area (Å²) in [6.45, 7) is 17.9. The zero-order valence-corrected chi connectivity index (χ0v) is 20.5. The summed E-state index contributed by atoms with van der Waals surface area (Å²) in [5.41, 5.74) is 2.28. The van der Waals surface area contributed by atoms with Crippen LogP contribution in [0.1, 0.15) is 99.8 Å². The fourth-order valence-electron chi connectivity index (χ4n) is 6.74. The van der Waals surface area contributed by atoms with E-state index in [1.54, 1.807) is 0 Å². The van der Waals surface area contributed by atoms with Gasteiger partial charge in [0.2, 0.25) is 0 Å². The lowest BCUT2D eigenvalue weighted by atomic mass is 9.63. The van der Waals surface area contributed by atoms with Gasteiger partial charge in [-0.1, -0.05) is 91.9 Å². The quantitative estimate of drug-likeness (QED) is 0.452. The summed E-state index contributed by atoms with van der Waals surface area (Å²) in [5, 5.41) is 0. The lowest BCUT2D eigenvalue weighted by Crippen LogP contribution is -2.35. The molecule has 29 heavy (non-hydrogen) atoms. The molecule has 0 heterocycles. The van der Waals surface area contributed by atoms with Gasteiger partial charge in [-0.3, -0.25) is 0 Å². The first-order chi connectivity index (χ1) is 13.6. The molecule has 1 nitrogen and oxygen atoms in total. The van der Waals surface area contributed by atoms with E-state index >= 15 is 0 Å². The largest absolute Gasteiger partial charge is 0.374 e. The highest BCUT2D eigenvalue weighted by Crippen LogP contribution is 2.58. The summed E-state index contributed by atoms with van der Waals surface area (Å²) in [4.78, 5) is 0. The average molecular weight is 401 g/mol. The van der Waals surface area contributed by atoms with Crippen molar-refractivity contribution in [2.75, 3.05) is 6.61 Å². The summed E-state index contributed by atoms with van der Waals surface area (Å²) in [5.74, 6) is 4.08. The molecule has 3 aliphatic carbocycles. The minimum atomic E-state index is 0.244. The van der Waals surface area contributed by atoms with Crippen LogP contribution >= 0.6 is 0 Å². The Bertz CT molecular complexity index is 578. The SMILES string of the molecule is CC(/C=C1\C=CC2C(C(C)(C)C)C(C(C)(C)C)C[C@@H]2C1)OCCC1CCCCC1. The fraction of sp³-hybridized carbons (Fsp3) is 0.857. The van der Waals surface area contributed by atoms with E-state index in [-0.39, 0.29) is 6.10 Å². The van der Waals surface area contributed by atoms with Crippen LogP contribution in [0.2, 0.25) is 0 Å². The summed E-state index contributed by atoms with van der Waals surface area (Å²) >= 11 is 0. The Hall–Kier alpha value is -0.560. The van der Waals surface area contributed by atoms with Crippen LogP contribution in [-0.4, -0.2) is 12.7 Å². The molecule has 0 aromatic heterocycles. The van der Waals surface area contributed by atoms with Gasteiger partial charge in [0.1, 0.15) is 0 Å². The summed E-state index contributed by atoms with van der Waals surface area (Å²) in [6, 6.07) is 0. The maximum atomic E-state index is 6.20. The number of hydrogen-bond donors (Lipinski definition) is 0. The third kappa shape index (κ3) is 5.99. The maximum Gasteiger partial charge on any atom is 0.0733 e. The van der Waals surface area contributed by atoms with Crippen molar-refractivity contribution in [1.82, 2.24) is 0 Å². The van der Waals surface area contributed by atoms with Crippen molar-refractivity contribution in [3.05, 3.63) is 23.8 Å². The molecule has 2 saturated carbocycles. The molecular weight excluding hydrogens is 352 g/mol. The average Bonchev–Trinajstić information content (AvgIpc) is 3.02. The van der Waals surface area contributed by atoms with Gasteiger partial charge in [-0.25, -0.2) is 0 Å². The number of hydrogen-bond acceptors (Lipinski definition) is 1. The maximum absolute atomic E-state index is 6.20. The van der Waals surface area contributed by atoms with Gasteiger partial charge in [0.05, 0.1) is 6.10 Å². The number of allylic oxidation sites excluding steroid dienone is 3. The van der Waals surface area contributed by atoms with Crippen LogP contribution in [0.4, 0.5) is 0 Å². The molecule has 0 radical (unpaired) electrons. The molecule has 166 valence electrons. The van der Waals surface area contributed by atoms with Gasteiger partial charge in [0.15, 0.2) is 0 Å². The third-order valence-electron chi connectivity index (χ3n) is 8.17. The second-order valence-electron chi connectivity index (χ2n) is 12.6. The van der Waals surface area contributed by atoms with E-state index in [9.17, 15) is 0 Å². The fourth-order valence-corrected chi connectivity index (χ4v) is 6.74. The Labute approximate surface area is 181 Å². The summed E-state index contributed by atoms with van der Waals surface area (Å²) in [6.07, 6.45) is 18.7. The monoisotopic (exact) mass is 400 g/mol. The van der Waals surface area contributed by atoms with Gasteiger partial charge < -0.3 is 4.74 Å². The van der Waals surface area contributed by atoms with Crippen LogP contribution in [0.3, 0.4) is 0 Å². The minimum absolute atomic E-state index is 0.244. The molecule has 0 aliphatic heterocycles. The standard InChI is InChI=1S/C28H48O/c1-20(29-16-15-21-11-9-8-10-12-21)17-22-13-14-24-23(18-22)19-25(27(2,3)4)26(24)28(5,6)7/h13-14,17,20-21,23-26H,8-12,15-16,18-19H2,1-7H3/b22-17+/t20?,23-,24?,25?,26?/m0/s1. The minimum Gasteiger partial charge on any atom is -0.374 e. The highest BCUT2D eigenvalue weighted by Gasteiger charge is 2.51. The predicted molar refractivity (Wildman–Crippen MR) is 126 cm³/mol. The Balaban J connectivity index is 1.58. The molecule has 5 atom stereocenters. The van der Waals surface area contributed by atoms with Crippen molar-refractivity contribution in [2.24, 2.45) is 40.4 Å². The number of rotatable bonds is 5. The lowest BCUT2D eigenvalue weighted by molar-refractivity contribution is 0.0795. The van der Waals surface area contributed by atoms with Gasteiger partial charge in [-0.15, -0.1) is 0 Å². The van der Waals surface area contributed by atoms with E-state index in [1.165, 1.54) is 56.9 Å². The van der Waals surface area contributed by atoms with Crippen molar-refractivity contribution in [3.8, 4) is 0 Å². The van der Waals surface area contributed by atoms with Crippen LogP contribution in [-0.2, 0) is 4.74 Å². The highest BCUT2D eigenvalue weighted by atomic mass is 16.5. The Kier molecular flexibility index (Phi) is 7.40. The van der Waals surface area contributed by atoms with E-state index in [4.69, 9.17) is 4.74 Å². The second-order valence-corrected chi connectivity index (χ2v) is 12.6. The molecule has 4 unspecified atom stereocenters. The van der Waals surface area contributed by atoms with Crippen molar-refractivity contribution < 1.29 is 4.74 Å². The first kappa shape index (κ1) is 23.1.